The highest BCUT2D eigenvalue weighted by Gasteiger charge is 2.27. The molecule has 0 aliphatic carbocycles. The number of carbonyl (C=O) groups is 2. The Morgan fingerprint density at radius 1 is 1.18 bits per heavy atom. The van der Waals surface area contributed by atoms with Crippen molar-refractivity contribution >= 4 is 11.8 Å². The van der Waals surface area contributed by atoms with Crippen LogP contribution in [-0.2, 0) is 16.1 Å². The Labute approximate surface area is 133 Å². The third kappa shape index (κ3) is 5.51. The van der Waals surface area contributed by atoms with Crippen LogP contribution < -0.4 is 5.32 Å². The largest absolute Gasteiger partial charge is 0.344 e. The molecule has 122 valence electrons. The molecule has 1 N–H and O–H groups in total. The number of nitrogens with zero attached hydrogens (tertiary/aromatic N) is 1. The summed E-state index contributed by atoms with van der Waals surface area (Å²) >= 11 is 0. The van der Waals surface area contributed by atoms with Gasteiger partial charge in [0.25, 0.3) is 0 Å². The van der Waals surface area contributed by atoms with Crippen LogP contribution in [0.25, 0.3) is 0 Å². The lowest BCUT2D eigenvalue weighted by Crippen LogP contribution is -2.49. The topological polar surface area (TPSA) is 49.4 Å². The van der Waals surface area contributed by atoms with Crippen molar-refractivity contribution in [1.82, 2.24) is 10.2 Å². The lowest BCUT2D eigenvalue weighted by molar-refractivity contribution is -0.138. The minimum Gasteiger partial charge on any atom is -0.344 e. The fraction of sp³-hybridized carbons (Fsp3) is 0.556. The van der Waals surface area contributed by atoms with Crippen molar-refractivity contribution in [2.24, 2.45) is 5.41 Å². The third-order valence-corrected chi connectivity index (χ3v) is 3.42. The lowest BCUT2D eigenvalue weighted by atomic mass is 9.95. The van der Waals surface area contributed by atoms with Crippen molar-refractivity contribution in [3.05, 3.63) is 35.9 Å². The molecule has 4 heteroatoms. The Bertz CT molecular complexity index is 492. The molecule has 1 atom stereocenters. The highest BCUT2D eigenvalue weighted by atomic mass is 16.2. The van der Waals surface area contributed by atoms with Gasteiger partial charge in [-0.05, 0) is 18.9 Å². The van der Waals surface area contributed by atoms with Crippen molar-refractivity contribution in [3.8, 4) is 0 Å². The summed E-state index contributed by atoms with van der Waals surface area (Å²) in [6.07, 6.45) is 0.887. The van der Waals surface area contributed by atoms with Crippen molar-refractivity contribution in [2.45, 2.75) is 53.6 Å². The van der Waals surface area contributed by atoms with Crippen LogP contribution in [0, 0.1) is 5.41 Å². The molecule has 0 saturated carbocycles. The number of nitrogens with one attached hydrogen (secondary N) is 1. The van der Waals surface area contributed by atoms with E-state index in [9.17, 15) is 9.59 Å². The first-order chi connectivity index (χ1) is 10.3. The number of hydrogen-bond donors (Lipinski definition) is 1. The Morgan fingerprint density at radius 2 is 1.77 bits per heavy atom. The maximum atomic E-state index is 12.6. The molecule has 1 unspecified atom stereocenters. The SMILES string of the molecule is CCCN(Cc1ccccc1)C(=O)C(C)NC(=O)C(C)(C)C. The van der Waals surface area contributed by atoms with Gasteiger partial charge in [0.15, 0.2) is 0 Å². The van der Waals surface area contributed by atoms with Crippen LogP contribution in [0.4, 0.5) is 0 Å². The quantitative estimate of drug-likeness (QED) is 0.878. The van der Waals surface area contributed by atoms with Crippen LogP contribution >= 0.6 is 0 Å². The summed E-state index contributed by atoms with van der Waals surface area (Å²) in [5, 5.41) is 2.81. The van der Waals surface area contributed by atoms with Gasteiger partial charge in [-0.15, -0.1) is 0 Å². The van der Waals surface area contributed by atoms with Crippen molar-refractivity contribution in [2.75, 3.05) is 6.54 Å². The third-order valence-electron chi connectivity index (χ3n) is 3.42. The Balaban J connectivity index is 2.74. The molecule has 0 fully saturated rings. The van der Waals surface area contributed by atoms with E-state index in [0.717, 1.165) is 12.0 Å². The van der Waals surface area contributed by atoms with Gasteiger partial charge in [-0.2, -0.15) is 0 Å². The second-order valence-corrected chi connectivity index (χ2v) is 6.69. The summed E-state index contributed by atoms with van der Waals surface area (Å²) in [5.74, 6) is -0.146. The number of hydrogen-bond acceptors (Lipinski definition) is 2. The molecule has 1 aromatic carbocycles. The molecule has 1 rings (SSSR count). The fourth-order valence-corrected chi connectivity index (χ4v) is 2.09. The highest BCUT2D eigenvalue weighted by Crippen LogP contribution is 2.14. The van der Waals surface area contributed by atoms with E-state index < -0.39 is 11.5 Å². The first-order valence-corrected chi connectivity index (χ1v) is 7.89. The average Bonchev–Trinajstić information content (AvgIpc) is 2.46. The zero-order valence-corrected chi connectivity index (χ0v) is 14.3. The average molecular weight is 304 g/mol. The highest BCUT2D eigenvalue weighted by molar-refractivity contribution is 5.89. The number of rotatable bonds is 6. The lowest BCUT2D eigenvalue weighted by Gasteiger charge is -2.28. The molecule has 2 amide bonds. The van der Waals surface area contributed by atoms with Crippen LogP contribution in [0.15, 0.2) is 30.3 Å². The van der Waals surface area contributed by atoms with Crippen LogP contribution in [0.5, 0.6) is 0 Å². The molecular weight excluding hydrogens is 276 g/mol. The van der Waals surface area contributed by atoms with Gasteiger partial charge >= 0.3 is 0 Å². The number of benzene rings is 1. The zero-order chi connectivity index (χ0) is 16.8. The minimum atomic E-state index is -0.512. The van der Waals surface area contributed by atoms with E-state index in [2.05, 4.69) is 5.32 Å². The summed E-state index contributed by atoms with van der Waals surface area (Å²) in [7, 11) is 0. The van der Waals surface area contributed by atoms with E-state index in [1.54, 1.807) is 6.92 Å². The molecule has 0 heterocycles. The molecule has 0 aliphatic heterocycles. The molecule has 0 bridgehead atoms. The Kier molecular flexibility index (Phi) is 6.60. The van der Waals surface area contributed by atoms with Gasteiger partial charge in [0, 0.05) is 18.5 Å². The van der Waals surface area contributed by atoms with Gasteiger partial charge in [-0.25, -0.2) is 0 Å². The second kappa shape index (κ2) is 7.97. The molecule has 0 aliphatic rings. The summed E-state index contributed by atoms with van der Waals surface area (Å²) in [6, 6.07) is 9.40. The molecule has 1 aromatic rings. The molecule has 0 aromatic heterocycles. The van der Waals surface area contributed by atoms with Crippen LogP contribution in [0.3, 0.4) is 0 Å². The predicted octanol–water partition coefficient (Wildman–Crippen LogP) is 2.98. The van der Waals surface area contributed by atoms with Gasteiger partial charge in [-0.1, -0.05) is 58.0 Å². The molecule has 0 radical (unpaired) electrons. The monoisotopic (exact) mass is 304 g/mol. The Hall–Kier alpha value is -1.84. The predicted molar refractivity (Wildman–Crippen MR) is 89.2 cm³/mol. The maximum Gasteiger partial charge on any atom is 0.245 e. The number of carbonyl (C=O) groups excluding carboxylic acids is 2. The molecule has 22 heavy (non-hydrogen) atoms. The van der Waals surface area contributed by atoms with E-state index in [1.165, 1.54) is 0 Å². The normalized spacial score (nSPS) is 12.6. The summed E-state index contributed by atoms with van der Waals surface area (Å²) < 4.78 is 0. The minimum absolute atomic E-state index is 0.0386. The summed E-state index contributed by atoms with van der Waals surface area (Å²) in [5.41, 5.74) is 0.599. The van der Waals surface area contributed by atoms with Gasteiger partial charge in [0.2, 0.25) is 11.8 Å². The van der Waals surface area contributed by atoms with E-state index >= 15 is 0 Å². The summed E-state index contributed by atoms with van der Waals surface area (Å²) in [6.45, 7) is 10.6. The van der Waals surface area contributed by atoms with Gasteiger partial charge in [0.05, 0.1) is 0 Å². The first-order valence-electron chi connectivity index (χ1n) is 7.89. The van der Waals surface area contributed by atoms with E-state index in [0.29, 0.717) is 13.1 Å². The standard InChI is InChI=1S/C18H28N2O2/c1-6-12-20(13-15-10-8-7-9-11-15)16(21)14(2)19-17(22)18(3,4)5/h7-11,14H,6,12-13H2,1-5H3,(H,19,22). The van der Waals surface area contributed by atoms with Crippen LogP contribution in [-0.4, -0.2) is 29.3 Å². The van der Waals surface area contributed by atoms with Gasteiger partial charge in [-0.3, -0.25) is 9.59 Å². The molecule has 0 saturated heterocycles. The smallest absolute Gasteiger partial charge is 0.245 e. The molecule has 4 nitrogen and oxygen atoms in total. The van der Waals surface area contributed by atoms with Crippen molar-refractivity contribution in [1.29, 1.82) is 0 Å². The maximum absolute atomic E-state index is 12.6. The molecule has 0 spiro atoms. The van der Waals surface area contributed by atoms with E-state index in [1.807, 2.05) is 62.9 Å². The summed E-state index contributed by atoms with van der Waals surface area (Å²) in [4.78, 5) is 26.5. The fourth-order valence-electron chi connectivity index (χ4n) is 2.09. The molecular formula is C18H28N2O2. The van der Waals surface area contributed by atoms with Crippen LogP contribution in [0.2, 0.25) is 0 Å². The van der Waals surface area contributed by atoms with Gasteiger partial charge in [0.1, 0.15) is 6.04 Å². The van der Waals surface area contributed by atoms with Crippen LogP contribution in [0.1, 0.15) is 46.6 Å². The van der Waals surface area contributed by atoms with Crippen molar-refractivity contribution < 1.29 is 9.59 Å². The second-order valence-electron chi connectivity index (χ2n) is 6.69. The zero-order valence-electron chi connectivity index (χ0n) is 14.3. The Morgan fingerprint density at radius 3 is 2.27 bits per heavy atom. The van der Waals surface area contributed by atoms with E-state index in [4.69, 9.17) is 0 Å². The van der Waals surface area contributed by atoms with Crippen molar-refractivity contribution in [3.63, 3.8) is 0 Å². The van der Waals surface area contributed by atoms with E-state index in [-0.39, 0.29) is 11.8 Å². The van der Waals surface area contributed by atoms with Gasteiger partial charge < -0.3 is 10.2 Å². The number of amides is 2. The first kappa shape index (κ1) is 18.2.